The molecule has 0 aliphatic heterocycles. The lowest BCUT2D eigenvalue weighted by atomic mass is 10.1. The number of nitrogens with zero attached hydrogens (tertiary/aromatic N) is 1. The monoisotopic (exact) mass is 305 g/mol. The Morgan fingerprint density at radius 3 is 2.33 bits per heavy atom. The highest BCUT2D eigenvalue weighted by molar-refractivity contribution is 6.32. The predicted octanol–water partition coefficient (Wildman–Crippen LogP) is 4.63. The van der Waals surface area contributed by atoms with Crippen molar-refractivity contribution in [2.45, 2.75) is 13.3 Å². The third-order valence-corrected chi connectivity index (χ3v) is 3.15. The molecule has 0 amide bonds. The minimum Gasteiger partial charge on any atom is -0.457 e. The Morgan fingerprint density at radius 2 is 1.81 bits per heavy atom. The van der Waals surface area contributed by atoms with Gasteiger partial charge in [-0.1, -0.05) is 18.5 Å². The van der Waals surface area contributed by atoms with E-state index in [1.807, 2.05) is 0 Å². The van der Waals surface area contributed by atoms with E-state index in [0.717, 1.165) is 0 Å². The largest absolute Gasteiger partial charge is 0.457 e. The first kappa shape index (κ1) is 15.0. The van der Waals surface area contributed by atoms with E-state index in [1.54, 1.807) is 31.2 Å². The van der Waals surface area contributed by atoms with Gasteiger partial charge in [0.25, 0.3) is 5.69 Å². The normalized spacial score (nSPS) is 10.2. The van der Waals surface area contributed by atoms with Crippen LogP contribution in [0.3, 0.4) is 0 Å². The molecule has 2 rings (SSSR count). The highest BCUT2D eigenvalue weighted by atomic mass is 35.5. The molecule has 0 bridgehead atoms. The number of Topliss-reactive ketones (excluding diaryl/α,β-unsaturated/α-hetero) is 1. The summed E-state index contributed by atoms with van der Waals surface area (Å²) in [6, 6.07) is 10.8. The molecule has 0 aliphatic carbocycles. The lowest BCUT2D eigenvalue weighted by Gasteiger charge is -2.07. The third-order valence-electron chi connectivity index (χ3n) is 2.85. The number of carbonyl (C=O) groups is 1. The number of ether oxygens (including phenoxy) is 1. The van der Waals surface area contributed by atoms with Gasteiger partial charge in [0, 0.05) is 24.1 Å². The van der Waals surface area contributed by atoms with Crippen LogP contribution < -0.4 is 4.74 Å². The van der Waals surface area contributed by atoms with Gasteiger partial charge in [-0.2, -0.15) is 0 Å². The van der Waals surface area contributed by atoms with Crippen molar-refractivity contribution in [3.63, 3.8) is 0 Å². The van der Waals surface area contributed by atoms with E-state index in [4.69, 9.17) is 16.3 Å². The first-order valence-corrected chi connectivity index (χ1v) is 6.64. The Morgan fingerprint density at radius 1 is 1.19 bits per heavy atom. The lowest BCUT2D eigenvalue weighted by molar-refractivity contribution is -0.384. The number of halogens is 1. The van der Waals surface area contributed by atoms with E-state index >= 15 is 0 Å². The van der Waals surface area contributed by atoms with Crippen molar-refractivity contribution in [1.29, 1.82) is 0 Å². The van der Waals surface area contributed by atoms with Gasteiger partial charge in [-0.15, -0.1) is 0 Å². The van der Waals surface area contributed by atoms with E-state index in [0.29, 0.717) is 23.5 Å². The SMILES string of the molecule is CCC(=O)c1ccc(Oc2ccc([N+](=O)[O-])c(Cl)c2)cc1. The van der Waals surface area contributed by atoms with E-state index < -0.39 is 4.92 Å². The molecule has 2 aromatic carbocycles. The van der Waals surface area contributed by atoms with Crippen LogP contribution in [-0.2, 0) is 0 Å². The summed E-state index contributed by atoms with van der Waals surface area (Å²) in [6.45, 7) is 1.80. The van der Waals surface area contributed by atoms with Crippen LogP contribution in [0.5, 0.6) is 11.5 Å². The molecule has 0 fully saturated rings. The molecule has 0 radical (unpaired) electrons. The van der Waals surface area contributed by atoms with Crippen LogP contribution in [0.2, 0.25) is 5.02 Å². The first-order chi connectivity index (χ1) is 10.0. The van der Waals surface area contributed by atoms with Gasteiger partial charge in [0.2, 0.25) is 0 Å². The maximum Gasteiger partial charge on any atom is 0.288 e. The van der Waals surface area contributed by atoms with Gasteiger partial charge < -0.3 is 4.74 Å². The predicted molar refractivity (Wildman–Crippen MR) is 79.2 cm³/mol. The van der Waals surface area contributed by atoms with Crippen LogP contribution in [0.4, 0.5) is 5.69 Å². The molecular weight excluding hydrogens is 294 g/mol. The molecule has 21 heavy (non-hydrogen) atoms. The zero-order valence-electron chi connectivity index (χ0n) is 11.2. The zero-order chi connectivity index (χ0) is 15.4. The Hall–Kier alpha value is -2.40. The van der Waals surface area contributed by atoms with Gasteiger partial charge in [0.15, 0.2) is 5.78 Å². The lowest BCUT2D eigenvalue weighted by Crippen LogP contribution is -1.95. The fourth-order valence-electron chi connectivity index (χ4n) is 1.75. The van der Waals surface area contributed by atoms with Crippen LogP contribution in [0, 0.1) is 10.1 Å². The molecular formula is C15H12ClNO4. The summed E-state index contributed by atoms with van der Waals surface area (Å²) in [6.07, 6.45) is 0.443. The Bertz CT molecular complexity index is 683. The zero-order valence-corrected chi connectivity index (χ0v) is 12.0. The second-order valence-corrected chi connectivity index (χ2v) is 4.68. The van der Waals surface area contributed by atoms with Gasteiger partial charge in [0.05, 0.1) is 4.92 Å². The average Bonchev–Trinajstić information content (AvgIpc) is 2.47. The van der Waals surface area contributed by atoms with Crippen LogP contribution in [-0.4, -0.2) is 10.7 Å². The smallest absolute Gasteiger partial charge is 0.288 e. The van der Waals surface area contributed by atoms with Crippen molar-refractivity contribution in [1.82, 2.24) is 0 Å². The van der Waals surface area contributed by atoms with Crippen LogP contribution in [0.15, 0.2) is 42.5 Å². The molecule has 0 aromatic heterocycles. The van der Waals surface area contributed by atoms with Crippen molar-refractivity contribution in [2.24, 2.45) is 0 Å². The van der Waals surface area contributed by atoms with Crippen LogP contribution in [0.25, 0.3) is 0 Å². The molecule has 5 nitrogen and oxygen atoms in total. The third kappa shape index (κ3) is 3.58. The first-order valence-electron chi connectivity index (χ1n) is 6.26. The Balaban J connectivity index is 2.17. The maximum atomic E-state index is 11.5. The molecule has 0 spiro atoms. The molecule has 0 unspecified atom stereocenters. The Kier molecular flexibility index (Phi) is 4.55. The average molecular weight is 306 g/mol. The van der Waals surface area contributed by atoms with Crippen molar-refractivity contribution in [3.05, 3.63) is 63.2 Å². The van der Waals surface area contributed by atoms with Crippen molar-refractivity contribution in [3.8, 4) is 11.5 Å². The highest BCUT2D eigenvalue weighted by Gasteiger charge is 2.13. The van der Waals surface area contributed by atoms with Gasteiger partial charge in [-0.05, 0) is 30.3 Å². The fraction of sp³-hybridized carbons (Fsp3) is 0.133. The van der Waals surface area contributed by atoms with Gasteiger partial charge >= 0.3 is 0 Å². The number of ketones is 1. The minimum atomic E-state index is -0.558. The van der Waals surface area contributed by atoms with Crippen molar-refractivity contribution >= 4 is 23.1 Å². The number of nitro benzene ring substituents is 1. The summed E-state index contributed by atoms with van der Waals surface area (Å²) >= 11 is 5.81. The van der Waals surface area contributed by atoms with E-state index in [1.165, 1.54) is 18.2 Å². The molecule has 2 aromatic rings. The quantitative estimate of drug-likeness (QED) is 0.458. The number of carbonyl (C=O) groups excluding carboxylic acids is 1. The number of hydrogen-bond acceptors (Lipinski definition) is 4. The van der Waals surface area contributed by atoms with Crippen LogP contribution in [0.1, 0.15) is 23.7 Å². The van der Waals surface area contributed by atoms with E-state index in [-0.39, 0.29) is 16.5 Å². The van der Waals surface area contributed by atoms with Crippen molar-refractivity contribution in [2.75, 3.05) is 0 Å². The molecule has 0 saturated carbocycles. The highest BCUT2D eigenvalue weighted by Crippen LogP contribution is 2.31. The standard InChI is InChI=1S/C15H12ClNO4/c1-2-15(18)10-3-5-11(6-4-10)21-12-7-8-14(17(19)20)13(16)9-12/h3-9H,2H2,1H3. The Labute approximate surface area is 126 Å². The van der Waals surface area contributed by atoms with Gasteiger partial charge in [-0.3, -0.25) is 14.9 Å². The molecule has 0 atom stereocenters. The summed E-state index contributed by atoms with van der Waals surface area (Å²) in [5.74, 6) is 0.965. The number of rotatable bonds is 5. The van der Waals surface area contributed by atoms with Crippen LogP contribution >= 0.6 is 11.6 Å². The summed E-state index contributed by atoms with van der Waals surface area (Å²) < 4.78 is 5.54. The number of nitro groups is 1. The number of benzene rings is 2. The fourth-order valence-corrected chi connectivity index (χ4v) is 1.99. The minimum absolute atomic E-state index is 0.00952. The summed E-state index contributed by atoms with van der Waals surface area (Å²) in [7, 11) is 0. The molecule has 0 N–H and O–H groups in total. The summed E-state index contributed by atoms with van der Waals surface area (Å²) in [4.78, 5) is 21.6. The summed E-state index contributed by atoms with van der Waals surface area (Å²) in [5, 5.41) is 10.7. The molecule has 0 saturated heterocycles. The second kappa shape index (κ2) is 6.37. The van der Waals surface area contributed by atoms with E-state index in [9.17, 15) is 14.9 Å². The molecule has 108 valence electrons. The molecule has 0 heterocycles. The summed E-state index contributed by atoms with van der Waals surface area (Å²) in [5.41, 5.74) is 0.444. The number of hydrogen-bond donors (Lipinski definition) is 0. The van der Waals surface area contributed by atoms with Crippen molar-refractivity contribution < 1.29 is 14.5 Å². The molecule has 0 aliphatic rings. The second-order valence-electron chi connectivity index (χ2n) is 4.27. The van der Waals surface area contributed by atoms with Gasteiger partial charge in [0.1, 0.15) is 16.5 Å². The van der Waals surface area contributed by atoms with Gasteiger partial charge in [-0.25, -0.2) is 0 Å². The van der Waals surface area contributed by atoms with E-state index in [2.05, 4.69) is 0 Å². The topological polar surface area (TPSA) is 69.4 Å². The molecule has 6 heteroatoms. The maximum absolute atomic E-state index is 11.5.